The fourth-order valence-electron chi connectivity index (χ4n) is 1.18. The largest absolute Gasteiger partial charge is 0.339 e. The summed E-state index contributed by atoms with van der Waals surface area (Å²) in [7, 11) is 0. The lowest BCUT2D eigenvalue weighted by Crippen LogP contribution is -2.38. The summed E-state index contributed by atoms with van der Waals surface area (Å²) < 4.78 is 0. The molecular weight excluding hydrogens is 204 g/mol. The van der Waals surface area contributed by atoms with Crippen LogP contribution in [0.4, 0.5) is 0 Å². The molecule has 4 nitrogen and oxygen atoms in total. The second-order valence-electron chi connectivity index (χ2n) is 4.82. The molecule has 0 aromatic heterocycles. The molecule has 0 rings (SSSR count). The standard InChI is InChI=1S/C12H24N2O2/c1-5-7-10(15)13-9-14-11(16)8-12(3,4)6-2/h5-9H2,1-4H3,(H,13,15)(H,14,16). The lowest BCUT2D eigenvalue weighted by atomic mass is 9.86. The van der Waals surface area contributed by atoms with Crippen LogP contribution >= 0.6 is 0 Å². The average Bonchev–Trinajstić information content (AvgIpc) is 2.17. The molecule has 94 valence electrons. The van der Waals surface area contributed by atoms with Gasteiger partial charge >= 0.3 is 0 Å². The number of amides is 2. The van der Waals surface area contributed by atoms with Crippen molar-refractivity contribution in [3.8, 4) is 0 Å². The van der Waals surface area contributed by atoms with Gasteiger partial charge < -0.3 is 10.6 Å². The zero-order valence-electron chi connectivity index (χ0n) is 10.9. The normalized spacial score (nSPS) is 11.0. The second kappa shape index (κ2) is 7.25. The van der Waals surface area contributed by atoms with Crippen LogP contribution in [-0.4, -0.2) is 18.5 Å². The summed E-state index contributed by atoms with van der Waals surface area (Å²) in [6.45, 7) is 8.36. The van der Waals surface area contributed by atoms with E-state index in [1.165, 1.54) is 0 Å². The van der Waals surface area contributed by atoms with Crippen LogP contribution in [0.2, 0.25) is 0 Å². The van der Waals surface area contributed by atoms with Gasteiger partial charge in [0.25, 0.3) is 0 Å². The molecule has 16 heavy (non-hydrogen) atoms. The molecule has 0 aliphatic heterocycles. The van der Waals surface area contributed by atoms with Crippen LogP contribution in [0, 0.1) is 5.41 Å². The zero-order valence-corrected chi connectivity index (χ0v) is 10.9. The molecule has 0 aromatic rings. The Balaban J connectivity index is 3.70. The second-order valence-corrected chi connectivity index (χ2v) is 4.82. The third-order valence-corrected chi connectivity index (χ3v) is 2.64. The molecule has 0 aromatic carbocycles. The summed E-state index contributed by atoms with van der Waals surface area (Å²) in [5.74, 6) is -0.0267. The Labute approximate surface area is 98.2 Å². The summed E-state index contributed by atoms with van der Waals surface area (Å²) in [5, 5.41) is 5.34. The van der Waals surface area contributed by atoms with Crippen molar-refractivity contribution in [2.45, 2.75) is 53.4 Å². The summed E-state index contributed by atoms with van der Waals surface area (Å²) in [6, 6.07) is 0. The van der Waals surface area contributed by atoms with E-state index in [0.29, 0.717) is 12.8 Å². The van der Waals surface area contributed by atoms with Gasteiger partial charge in [-0.25, -0.2) is 0 Å². The van der Waals surface area contributed by atoms with Crippen molar-refractivity contribution in [2.75, 3.05) is 6.67 Å². The number of hydrogen-bond donors (Lipinski definition) is 2. The fraction of sp³-hybridized carbons (Fsp3) is 0.833. The van der Waals surface area contributed by atoms with Crippen LogP contribution in [-0.2, 0) is 9.59 Å². The van der Waals surface area contributed by atoms with Gasteiger partial charge in [-0.05, 0) is 11.8 Å². The van der Waals surface area contributed by atoms with Gasteiger partial charge in [0.2, 0.25) is 11.8 Å². The molecule has 2 amide bonds. The van der Waals surface area contributed by atoms with Gasteiger partial charge in [-0.3, -0.25) is 9.59 Å². The van der Waals surface area contributed by atoms with E-state index < -0.39 is 0 Å². The summed E-state index contributed by atoms with van der Waals surface area (Å²) >= 11 is 0. The van der Waals surface area contributed by atoms with Crippen molar-refractivity contribution in [3.63, 3.8) is 0 Å². The molecular formula is C12H24N2O2. The molecule has 0 atom stereocenters. The minimum Gasteiger partial charge on any atom is -0.339 e. The minimum atomic E-state index is -0.0162. The van der Waals surface area contributed by atoms with Gasteiger partial charge in [0.1, 0.15) is 0 Å². The van der Waals surface area contributed by atoms with Crippen LogP contribution < -0.4 is 10.6 Å². The molecule has 0 spiro atoms. The van der Waals surface area contributed by atoms with Crippen LogP contribution in [0.15, 0.2) is 0 Å². The quantitative estimate of drug-likeness (QED) is 0.653. The van der Waals surface area contributed by atoms with Gasteiger partial charge in [0.05, 0.1) is 6.67 Å². The molecule has 4 heteroatoms. The molecule has 0 aliphatic rings. The highest BCUT2D eigenvalue weighted by atomic mass is 16.2. The average molecular weight is 228 g/mol. The molecule has 0 aliphatic carbocycles. The summed E-state index contributed by atoms with van der Waals surface area (Å²) in [6.07, 6.45) is 2.79. The van der Waals surface area contributed by atoms with Crippen molar-refractivity contribution in [1.82, 2.24) is 10.6 Å². The Morgan fingerprint density at radius 3 is 2.12 bits per heavy atom. The predicted molar refractivity (Wildman–Crippen MR) is 64.7 cm³/mol. The highest BCUT2D eigenvalue weighted by Crippen LogP contribution is 2.23. The number of rotatable bonds is 7. The van der Waals surface area contributed by atoms with Gasteiger partial charge in [0.15, 0.2) is 0 Å². The van der Waals surface area contributed by atoms with Crippen LogP contribution in [0.25, 0.3) is 0 Å². The first-order chi connectivity index (χ1) is 7.41. The fourth-order valence-corrected chi connectivity index (χ4v) is 1.18. The van der Waals surface area contributed by atoms with Crippen LogP contribution in [0.3, 0.4) is 0 Å². The maximum atomic E-state index is 11.5. The van der Waals surface area contributed by atoms with Crippen molar-refractivity contribution < 1.29 is 9.59 Å². The Morgan fingerprint density at radius 2 is 1.62 bits per heavy atom. The van der Waals surface area contributed by atoms with E-state index in [0.717, 1.165) is 12.8 Å². The Bertz CT molecular complexity index is 237. The predicted octanol–water partition coefficient (Wildman–Crippen LogP) is 1.80. The third-order valence-electron chi connectivity index (χ3n) is 2.64. The molecule has 0 fully saturated rings. The first kappa shape index (κ1) is 14.9. The topological polar surface area (TPSA) is 58.2 Å². The Morgan fingerprint density at radius 1 is 1.06 bits per heavy atom. The Kier molecular flexibility index (Phi) is 6.77. The first-order valence-electron chi connectivity index (χ1n) is 5.94. The van der Waals surface area contributed by atoms with Gasteiger partial charge in [-0.2, -0.15) is 0 Å². The number of hydrogen-bond acceptors (Lipinski definition) is 2. The third kappa shape index (κ3) is 7.26. The molecule has 0 bridgehead atoms. The maximum absolute atomic E-state index is 11.5. The zero-order chi connectivity index (χ0) is 12.6. The van der Waals surface area contributed by atoms with E-state index in [4.69, 9.17) is 0 Å². The molecule has 0 unspecified atom stereocenters. The summed E-state index contributed by atoms with van der Waals surface area (Å²) in [5.41, 5.74) is 0.0253. The molecule has 0 radical (unpaired) electrons. The van der Waals surface area contributed by atoms with Crippen LogP contribution in [0.1, 0.15) is 53.4 Å². The highest BCUT2D eigenvalue weighted by molar-refractivity contribution is 5.78. The van der Waals surface area contributed by atoms with E-state index >= 15 is 0 Å². The molecule has 0 saturated heterocycles. The number of carbonyl (C=O) groups excluding carboxylic acids is 2. The monoisotopic (exact) mass is 228 g/mol. The summed E-state index contributed by atoms with van der Waals surface area (Å²) in [4.78, 5) is 22.6. The van der Waals surface area contributed by atoms with Gasteiger partial charge in [0, 0.05) is 12.8 Å². The van der Waals surface area contributed by atoms with E-state index in [9.17, 15) is 9.59 Å². The van der Waals surface area contributed by atoms with Crippen molar-refractivity contribution in [1.29, 1.82) is 0 Å². The van der Waals surface area contributed by atoms with Crippen molar-refractivity contribution in [2.24, 2.45) is 5.41 Å². The van der Waals surface area contributed by atoms with E-state index in [-0.39, 0.29) is 23.9 Å². The molecule has 0 saturated carbocycles. The maximum Gasteiger partial charge on any atom is 0.221 e. The first-order valence-corrected chi connectivity index (χ1v) is 5.94. The van der Waals surface area contributed by atoms with Crippen LogP contribution in [0.5, 0.6) is 0 Å². The lowest BCUT2D eigenvalue weighted by Gasteiger charge is -2.21. The van der Waals surface area contributed by atoms with Crippen molar-refractivity contribution in [3.05, 3.63) is 0 Å². The smallest absolute Gasteiger partial charge is 0.221 e. The Hall–Kier alpha value is -1.06. The van der Waals surface area contributed by atoms with Gasteiger partial charge in [-0.15, -0.1) is 0 Å². The number of nitrogens with one attached hydrogen (secondary N) is 2. The molecule has 0 heterocycles. The minimum absolute atomic E-state index is 0.0105. The highest BCUT2D eigenvalue weighted by Gasteiger charge is 2.19. The lowest BCUT2D eigenvalue weighted by molar-refractivity contribution is -0.124. The van der Waals surface area contributed by atoms with Crippen molar-refractivity contribution >= 4 is 11.8 Å². The van der Waals surface area contributed by atoms with Gasteiger partial charge in [-0.1, -0.05) is 34.1 Å². The SMILES string of the molecule is CCCC(=O)NCNC(=O)CC(C)(C)CC. The van der Waals surface area contributed by atoms with E-state index in [2.05, 4.69) is 31.4 Å². The number of carbonyl (C=O) groups is 2. The molecule has 2 N–H and O–H groups in total. The van der Waals surface area contributed by atoms with E-state index in [1.54, 1.807) is 0 Å². The van der Waals surface area contributed by atoms with E-state index in [1.807, 2.05) is 6.92 Å².